The van der Waals surface area contributed by atoms with Gasteiger partial charge in [0.1, 0.15) is 17.1 Å². The number of carbonyl (C=O) groups excluding carboxylic acids is 1. The highest BCUT2D eigenvalue weighted by atomic mass is 19.1. The van der Waals surface area contributed by atoms with E-state index >= 15 is 0 Å². The number of halogens is 1. The summed E-state index contributed by atoms with van der Waals surface area (Å²) in [6.07, 6.45) is 0. The summed E-state index contributed by atoms with van der Waals surface area (Å²) in [7, 11) is 0. The fraction of sp³-hybridized carbons (Fsp3) is 0.417. The van der Waals surface area contributed by atoms with Gasteiger partial charge in [-0.15, -0.1) is 0 Å². The molecule has 4 heteroatoms. The second kappa shape index (κ2) is 4.96. The highest BCUT2D eigenvalue weighted by Gasteiger charge is 2.23. The Balaban J connectivity index is 3.13. The Morgan fingerprint density at radius 3 is 2.56 bits per heavy atom. The largest absolute Gasteiger partial charge is 0.507 e. The minimum absolute atomic E-state index is 0.0310. The number of hydrogen-bond acceptors (Lipinski definition) is 2. The zero-order chi connectivity index (χ0) is 12.3. The lowest BCUT2D eigenvalue weighted by Gasteiger charge is -2.25. The number of phenolic OH excluding ortho intramolecular Hbond substituents is 1. The van der Waals surface area contributed by atoms with E-state index < -0.39 is 11.7 Å². The van der Waals surface area contributed by atoms with Crippen molar-refractivity contribution in [2.75, 3.05) is 6.54 Å². The molecule has 1 aromatic carbocycles. The maximum absolute atomic E-state index is 13.5. The van der Waals surface area contributed by atoms with Gasteiger partial charge in [-0.1, -0.05) is 6.07 Å². The Hall–Kier alpha value is -1.58. The molecule has 0 fully saturated rings. The van der Waals surface area contributed by atoms with Crippen LogP contribution in [0, 0.1) is 5.82 Å². The summed E-state index contributed by atoms with van der Waals surface area (Å²) in [4.78, 5) is 13.5. The molecule has 1 aromatic rings. The summed E-state index contributed by atoms with van der Waals surface area (Å²) in [5.74, 6) is -1.48. The molecule has 3 nitrogen and oxygen atoms in total. The van der Waals surface area contributed by atoms with Gasteiger partial charge in [-0.2, -0.15) is 0 Å². The molecular weight excluding hydrogens is 209 g/mol. The van der Waals surface area contributed by atoms with Gasteiger partial charge in [-0.05, 0) is 32.9 Å². The number of amides is 1. The first-order chi connectivity index (χ1) is 7.49. The number of nitrogens with zero attached hydrogens (tertiary/aromatic N) is 1. The molecule has 0 aliphatic carbocycles. The van der Waals surface area contributed by atoms with Crippen molar-refractivity contribution in [2.24, 2.45) is 0 Å². The van der Waals surface area contributed by atoms with Gasteiger partial charge in [0.25, 0.3) is 5.91 Å². The summed E-state index contributed by atoms with van der Waals surface area (Å²) >= 11 is 0. The minimum Gasteiger partial charge on any atom is -0.507 e. The van der Waals surface area contributed by atoms with E-state index in [1.807, 2.05) is 20.8 Å². The van der Waals surface area contributed by atoms with E-state index in [0.717, 1.165) is 0 Å². The van der Waals surface area contributed by atoms with Crippen LogP contribution in [-0.2, 0) is 0 Å². The molecule has 88 valence electrons. The van der Waals surface area contributed by atoms with Gasteiger partial charge in [0.2, 0.25) is 0 Å². The van der Waals surface area contributed by atoms with Crippen molar-refractivity contribution in [1.82, 2.24) is 4.90 Å². The van der Waals surface area contributed by atoms with Gasteiger partial charge in [-0.25, -0.2) is 4.39 Å². The summed E-state index contributed by atoms with van der Waals surface area (Å²) < 4.78 is 13.5. The topological polar surface area (TPSA) is 40.5 Å². The second-order valence-electron chi connectivity index (χ2n) is 3.82. The first-order valence-corrected chi connectivity index (χ1v) is 5.27. The molecule has 0 aromatic heterocycles. The van der Waals surface area contributed by atoms with Crippen molar-refractivity contribution in [3.8, 4) is 5.75 Å². The predicted octanol–water partition coefficient (Wildman–Crippen LogP) is 2.40. The van der Waals surface area contributed by atoms with Crippen molar-refractivity contribution in [2.45, 2.75) is 26.8 Å². The van der Waals surface area contributed by atoms with E-state index in [1.165, 1.54) is 23.1 Å². The number of hydrogen-bond donors (Lipinski definition) is 1. The van der Waals surface area contributed by atoms with Gasteiger partial charge >= 0.3 is 0 Å². The Bertz CT molecular complexity index is 370. The molecule has 1 N–H and O–H groups in total. The van der Waals surface area contributed by atoms with Crippen LogP contribution in [0.4, 0.5) is 4.39 Å². The van der Waals surface area contributed by atoms with Crippen LogP contribution in [0.1, 0.15) is 31.1 Å². The lowest BCUT2D eigenvalue weighted by Crippen LogP contribution is -2.37. The minimum atomic E-state index is -0.691. The lowest BCUT2D eigenvalue weighted by atomic mass is 10.1. The monoisotopic (exact) mass is 225 g/mol. The van der Waals surface area contributed by atoms with Crippen LogP contribution in [0.15, 0.2) is 18.2 Å². The molecule has 0 aliphatic heterocycles. The quantitative estimate of drug-likeness (QED) is 0.858. The van der Waals surface area contributed by atoms with Gasteiger partial charge < -0.3 is 10.0 Å². The van der Waals surface area contributed by atoms with Crippen molar-refractivity contribution >= 4 is 5.91 Å². The van der Waals surface area contributed by atoms with Crippen LogP contribution in [0.5, 0.6) is 5.75 Å². The van der Waals surface area contributed by atoms with Crippen LogP contribution in [0.2, 0.25) is 0 Å². The van der Waals surface area contributed by atoms with Crippen LogP contribution in [0.25, 0.3) is 0 Å². The fourth-order valence-corrected chi connectivity index (χ4v) is 1.61. The fourth-order valence-electron chi connectivity index (χ4n) is 1.61. The molecular formula is C12H16FNO2. The third kappa shape index (κ3) is 2.32. The summed E-state index contributed by atoms with van der Waals surface area (Å²) in [5, 5.41) is 9.50. The van der Waals surface area contributed by atoms with E-state index in [0.29, 0.717) is 6.54 Å². The van der Waals surface area contributed by atoms with Gasteiger partial charge in [0, 0.05) is 12.6 Å². The average Bonchev–Trinajstić information content (AvgIpc) is 2.17. The van der Waals surface area contributed by atoms with E-state index in [-0.39, 0.29) is 17.4 Å². The molecule has 0 bridgehead atoms. The maximum Gasteiger partial charge on any atom is 0.260 e. The standard InChI is InChI=1S/C12H16FNO2/c1-4-14(8(2)3)12(16)11-9(13)6-5-7-10(11)15/h5-8,15H,4H2,1-3H3. The summed E-state index contributed by atoms with van der Waals surface area (Å²) in [6, 6.07) is 3.81. The molecule has 0 saturated heterocycles. The molecule has 0 spiro atoms. The Labute approximate surface area is 94.5 Å². The van der Waals surface area contributed by atoms with Crippen LogP contribution in [0.3, 0.4) is 0 Å². The van der Waals surface area contributed by atoms with E-state index in [4.69, 9.17) is 0 Å². The maximum atomic E-state index is 13.5. The summed E-state index contributed by atoms with van der Waals surface area (Å²) in [6.45, 7) is 5.98. The molecule has 0 aliphatic rings. The lowest BCUT2D eigenvalue weighted by molar-refractivity contribution is 0.0709. The van der Waals surface area contributed by atoms with Crippen molar-refractivity contribution in [1.29, 1.82) is 0 Å². The zero-order valence-electron chi connectivity index (χ0n) is 9.70. The van der Waals surface area contributed by atoms with E-state index in [1.54, 1.807) is 0 Å². The number of phenols is 1. The number of aromatic hydroxyl groups is 1. The smallest absolute Gasteiger partial charge is 0.260 e. The number of benzene rings is 1. The molecule has 16 heavy (non-hydrogen) atoms. The predicted molar refractivity (Wildman–Crippen MR) is 59.9 cm³/mol. The van der Waals surface area contributed by atoms with Gasteiger partial charge in [0.15, 0.2) is 0 Å². The van der Waals surface area contributed by atoms with Gasteiger partial charge in [-0.3, -0.25) is 4.79 Å². The number of rotatable bonds is 3. The second-order valence-corrected chi connectivity index (χ2v) is 3.82. The van der Waals surface area contributed by atoms with E-state index in [2.05, 4.69) is 0 Å². The Morgan fingerprint density at radius 1 is 1.50 bits per heavy atom. The first kappa shape index (κ1) is 12.5. The normalized spacial score (nSPS) is 10.6. The highest BCUT2D eigenvalue weighted by molar-refractivity contribution is 5.97. The Morgan fingerprint density at radius 2 is 2.12 bits per heavy atom. The van der Waals surface area contributed by atoms with Crippen LogP contribution < -0.4 is 0 Å². The molecule has 1 rings (SSSR count). The average molecular weight is 225 g/mol. The molecule has 0 saturated carbocycles. The molecule has 1 amide bonds. The Kier molecular flexibility index (Phi) is 3.88. The van der Waals surface area contributed by atoms with Gasteiger partial charge in [0.05, 0.1) is 0 Å². The van der Waals surface area contributed by atoms with Crippen molar-refractivity contribution in [3.63, 3.8) is 0 Å². The molecule has 0 unspecified atom stereocenters. The molecule has 0 heterocycles. The number of carbonyl (C=O) groups is 1. The highest BCUT2D eigenvalue weighted by Crippen LogP contribution is 2.22. The SMILES string of the molecule is CCN(C(=O)c1c(O)cccc1F)C(C)C. The zero-order valence-corrected chi connectivity index (χ0v) is 9.70. The van der Waals surface area contributed by atoms with Crippen molar-refractivity contribution < 1.29 is 14.3 Å². The third-order valence-corrected chi connectivity index (χ3v) is 2.43. The molecule has 0 atom stereocenters. The third-order valence-electron chi connectivity index (χ3n) is 2.43. The van der Waals surface area contributed by atoms with Crippen molar-refractivity contribution in [3.05, 3.63) is 29.6 Å². The first-order valence-electron chi connectivity index (χ1n) is 5.27. The summed E-state index contributed by atoms with van der Waals surface area (Å²) in [5.41, 5.74) is -0.252. The van der Waals surface area contributed by atoms with E-state index in [9.17, 15) is 14.3 Å². The van der Waals surface area contributed by atoms with Crippen LogP contribution >= 0.6 is 0 Å². The molecule has 0 radical (unpaired) electrons. The van der Waals surface area contributed by atoms with Crippen LogP contribution in [-0.4, -0.2) is 28.5 Å².